The first-order valence-electron chi connectivity index (χ1n) is 7.58. The zero-order valence-corrected chi connectivity index (χ0v) is 16.0. The molecule has 2 aromatic rings. The quantitative estimate of drug-likeness (QED) is 0.738. The first kappa shape index (κ1) is 19.6. The van der Waals surface area contributed by atoms with Crippen molar-refractivity contribution in [3.8, 4) is 0 Å². The lowest BCUT2D eigenvalue weighted by Crippen LogP contribution is -2.32. The van der Waals surface area contributed by atoms with Crippen molar-refractivity contribution >= 4 is 58.0 Å². The summed E-state index contributed by atoms with van der Waals surface area (Å²) in [5, 5.41) is 3.96. The molecular formula is C18H17Cl3N2O2. The van der Waals surface area contributed by atoms with Crippen LogP contribution in [0.3, 0.4) is 0 Å². The average molecular weight is 400 g/mol. The molecule has 0 fully saturated rings. The molecule has 4 nitrogen and oxygen atoms in total. The first-order valence-corrected chi connectivity index (χ1v) is 8.71. The molecule has 0 atom stereocenters. The molecule has 2 rings (SSSR count). The van der Waals surface area contributed by atoms with Crippen LogP contribution in [0.5, 0.6) is 0 Å². The lowest BCUT2D eigenvalue weighted by Gasteiger charge is -2.23. The lowest BCUT2D eigenvalue weighted by atomic mass is 10.1. The van der Waals surface area contributed by atoms with Crippen LogP contribution in [0.1, 0.15) is 18.9 Å². The number of para-hydroxylation sites is 1. The van der Waals surface area contributed by atoms with Crippen molar-refractivity contribution in [1.82, 2.24) is 0 Å². The molecule has 25 heavy (non-hydrogen) atoms. The predicted octanol–water partition coefficient (Wildman–Crippen LogP) is 5.34. The van der Waals surface area contributed by atoms with E-state index in [0.29, 0.717) is 26.4 Å². The molecule has 0 bridgehead atoms. The van der Waals surface area contributed by atoms with E-state index in [0.717, 1.165) is 5.56 Å². The van der Waals surface area contributed by atoms with E-state index in [4.69, 9.17) is 34.8 Å². The summed E-state index contributed by atoms with van der Waals surface area (Å²) in [7, 11) is 0. The van der Waals surface area contributed by atoms with E-state index in [1.165, 1.54) is 11.8 Å². The average Bonchev–Trinajstić information content (AvgIpc) is 2.55. The normalized spacial score (nSPS) is 10.4. The summed E-state index contributed by atoms with van der Waals surface area (Å²) >= 11 is 18.2. The third-order valence-corrected chi connectivity index (χ3v) is 4.74. The number of halogens is 3. The molecule has 0 saturated heterocycles. The molecule has 7 heteroatoms. The fourth-order valence-corrected chi connectivity index (χ4v) is 3.03. The second-order valence-electron chi connectivity index (χ2n) is 5.45. The summed E-state index contributed by atoms with van der Waals surface area (Å²) in [5.74, 6) is -0.463. The Morgan fingerprint density at radius 3 is 2.16 bits per heavy atom. The van der Waals surface area contributed by atoms with Gasteiger partial charge >= 0.3 is 0 Å². The molecule has 0 saturated carbocycles. The van der Waals surface area contributed by atoms with Crippen LogP contribution in [0, 0.1) is 6.92 Å². The number of anilines is 2. The minimum Gasteiger partial charge on any atom is -0.323 e. The molecule has 0 spiro atoms. The number of carbonyl (C=O) groups is 2. The van der Waals surface area contributed by atoms with Crippen molar-refractivity contribution in [3.63, 3.8) is 0 Å². The van der Waals surface area contributed by atoms with Gasteiger partial charge in [0.05, 0.1) is 15.7 Å². The maximum Gasteiger partial charge on any atom is 0.226 e. The van der Waals surface area contributed by atoms with Crippen LogP contribution in [0.15, 0.2) is 36.4 Å². The Balaban J connectivity index is 2.10. The summed E-state index contributed by atoms with van der Waals surface area (Å²) in [6, 6.07) is 10.3. The minimum atomic E-state index is -0.291. The van der Waals surface area contributed by atoms with E-state index in [-0.39, 0.29) is 24.8 Å². The van der Waals surface area contributed by atoms with Gasteiger partial charge in [-0.05, 0) is 36.8 Å². The molecule has 0 aliphatic heterocycles. The topological polar surface area (TPSA) is 49.4 Å². The van der Waals surface area contributed by atoms with Gasteiger partial charge in [0.25, 0.3) is 0 Å². The predicted molar refractivity (Wildman–Crippen MR) is 104 cm³/mol. The van der Waals surface area contributed by atoms with Crippen LogP contribution in [-0.4, -0.2) is 18.4 Å². The third-order valence-electron chi connectivity index (χ3n) is 3.70. The molecular weight excluding hydrogens is 383 g/mol. The van der Waals surface area contributed by atoms with Gasteiger partial charge in [0.1, 0.15) is 0 Å². The Hall–Kier alpha value is -1.75. The number of nitrogens with one attached hydrogen (secondary N) is 1. The Morgan fingerprint density at radius 1 is 1.00 bits per heavy atom. The summed E-state index contributed by atoms with van der Waals surface area (Å²) < 4.78 is 0. The Labute approximate surface area is 161 Å². The standard InChI is InChI=1S/C18H17Cl3N2O2/c1-11-13(19)5-4-8-16(11)23(12(2)24)10-9-17(25)22-18-14(20)6-3-7-15(18)21/h3-8H,9-10H2,1-2H3,(H,22,25). The van der Waals surface area contributed by atoms with Gasteiger partial charge in [0, 0.05) is 30.6 Å². The Kier molecular flexibility index (Phi) is 6.71. The maximum atomic E-state index is 12.2. The van der Waals surface area contributed by atoms with Gasteiger partial charge in [0.2, 0.25) is 11.8 Å². The molecule has 2 aromatic carbocycles. The number of benzene rings is 2. The Bertz CT molecular complexity index is 789. The van der Waals surface area contributed by atoms with Crippen LogP contribution in [0.4, 0.5) is 11.4 Å². The second kappa shape index (κ2) is 8.56. The van der Waals surface area contributed by atoms with E-state index in [1.807, 2.05) is 6.92 Å². The number of amides is 2. The smallest absolute Gasteiger partial charge is 0.226 e. The van der Waals surface area contributed by atoms with Gasteiger partial charge in [-0.2, -0.15) is 0 Å². The van der Waals surface area contributed by atoms with Gasteiger partial charge < -0.3 is 10.2 Å². The monoisotopic (exact) mass is 398 g/mol. The molecule has 2 amide bonds. The van der Waals surface area contributed by atoms with Gasteiger partial charge in [-0.15, -0.1) is 0 Å². The molecule has 0 aromatic heterocycles. The molecule has 0 aliphatic rings. The highest BCUT2D eigenvalue weighted by Gasteiger charge is 2.17. The van der Waals surface area contributed by atoms with Crippen molar-refractivity contribution in [2.24, 2.45) is 0 Å². The summed E-state index contributed by atoms with van der Waals surface area (Å²) in [6.45, 7) is 3.49. The maximum absolute atomic E-state index is 12.2. The third kappa shape index (κ3) is 4.88. The number of rotatable bonds is 5. The molecule has 0 unspecified atom stereocenters. The number of hydrogen-bond donors (Lipinski definition) is 1. The highest BCUT2D eigenvalue weighted by molar-refractivity contribution is 6.39. The zero-order chi connectivity index (χ0) is 18.6. The number of hydrogen-bond acceptors (Lipinski definition) is 2. The summed E-state index contributed by atoms with van der Waals surface area (Å²) in [5.41, 5.74) is 1.83. The first-order chi connectivity index (χ1) is 11.8. The SMILES string of the molecule is CC(=O)N(CCC(=O)Nc1c(Cl)cccc1Cl)c1cccc(Cl)c1C. The molecule has 0 aliphatic carbocycles. The van der Waals surface area contributed by atoms with Crippen molar-refractivity contribution in [2.75, 3.05) is 16.8 Å². The van der Waals surface area contributed by atoms with E-state index >= 15 is 0 Å². The lowest BCUT2D eigenvalue weighted by molar-refractivity contribution is -0.117. The highest BCUT2D eigenvalue weighted by Crippen LogP contribution is 2.30. The van der Waals surface area contributed by atoms with Gasteiger partial charge in [0.15, 0.2) is 0 Å². The van der Waals surface area contributed by atoms with Gasteiger partial charge in [-0.3, -0.25) is 9.59 Å². The van der Waals surface area contributed by atoms with Crippen molar-refractivity contribution in [3.05, 3.63) is 57.0 Å². The van der Waals surface area contributed by atoms with E-state index < -0.39 is 0 Å². The zero-order valence-electron chi connectivity index (χ0n) is 13.8. The molecule has 1 N–H and O–H groups in total. The van der Waals surface area contributed by atoms with Crippen LogP contribution < -0.4 is 10.2 Å². The highest BCUT2D eigenvalue weighted by atomic mass is 35.5. The summed E-state index contributed by atoms with van der Waals surface area (Å²) in [6.07, 6.45) is 0.0904. The fourth-order valence-electron chi connectivity index (χ4n) is 2.37. The van der Waals surface area contributed by atoms with Crippen molar-refractivity contribution in [1.29, 1.82) is 0 Å². The fraction of sp³-hybridized carbons (Fsp3) is 0.222. The number of nitrogens with zero attached hydrogens (tertiary/aromatic N) is 1. The Morgan fingerprint density at radius 2 is 1.56 bits per heavy atom. The second-order valence-corrected chi connectivity index (χ2v) is 6.67. The van der Waals surface area contributed by atoms with Crippen molar-refractivity contribution < 1.29 is 9.59 Å². The molecule has 132 valence electrons. The molecule has 0 heterocycles. The van der Waals surface area contributed by atoms with Crippen LogP contribution in [0.25, 0.3) is 0 Å². The van der Waals surface area contributed by atoms with E-state index in [2.05, 4.69) is 5.32 Å². The van der Waals surface area contributed by atoms with Crippen LogP contribution >= 0.6 is 34.8 Å². The van der Waals surface area contributed by atoms with Crippen molar-refractivity contribution in [2.45, 2.75) is 20.3 Å². The van der Waals surface area contributed by atoms with Crippen LogP contribution in [0.2, 0.25) is 15.1 Å². The summed E-state index contributed by atoms with van der Waals surface area (Å²) in [4.78, 5) is 25.8. The minimum absolute atomic E-state index is 0.0904. The van der Waals surface area contributed by atoms with Gasteiger partial charge in [-0.1, -0.05) is 46.9 Å². The molecule has 0 radical (unpaired) electrons. The van der Waals surface area contributed by atoms with Gasteiger partial charge in [-0.25, -0.2) is 0 Å². The number of carbonyl (C=O) groups excluding carboxylic acids is 2. The van der Waals surface area contributed by atoms with Crippen LogP contribution in [-0.2, 0) is 9.59 Å². The van der Waals surface area contributed by atoms with E-state index in [9.17, 15) is 9.59 Å². The van der Waals surface area contributed by atoms with E-state index in [1.54, 1.807) is 36.4 Å². The largest absolute Gasteiger partial charge is 0.323 e.